The Bertz CT molecular complexity index is 1130. The average Bonchev–Trinajstić information content (AvgIpc) is 2.89. The normalized spacial score (nSPS) is 16.5. The second-order valence-corrected chi connectivity index (χ2v) is 8.28. The van der Waals surface area contributed by atoms with Crippen molar-refractivity contribution in [3.05, 3.63) is 78.5 Å². The molecule has 2 atom stereocenters. The van der Waals surface area contributed by atoms with E-state index in [0.717, 1.165) is 17.8 Å². The molecule has 0 radical (unpaired) electrons. The number of pyridine rings is 1. The number of hydrogen-bond acceptors (Lipinski definition) is 8. The number of ether oxygens (including phenoxy) is 2. The molecule has 1 fully saturated rings. The van der Waals surface area contributed by atoms with Crippen LogP contribution in [-0.4, -0.2) is 51.5 Å². The lowest BCUT2D eigenvalue weighted by atomic mass is 10.0. The van der Waals surface area contributed by atoms with Gasteiger partial charge in [0.15, 0.2) is 17.7 Å². The maximum absolute atomic E-state index is 13.1. The molecule has 1 saturated heterocycles. The van der Waals surface area contributed by atoms with Gasteiger partial charge in [-0.2, -0.15) is 0 Å². The SMILES string of the molecule is CCCC(=O)OC(C)c1nccc(N2CCN(C(=O)Oc3cccnc3)C(c3ccccc3)C2)n1. The van der Waals surface area contributed by atoms with Crippen molar-refractivity contribution >= 4 is 17.9 Å². The highest BCUT2D eigenvalue weighted by molar-refractivity contribution is 5.72. The summed E-state index contributed by atoms with van der Waals surface area (Å²) in [5.74, 6) is 1.30. The summed E-state index contributed by atoms with van der Waals surface area (Å²) in [7, 11) is 0. The summed E-state index contributed by atoms with van der Waals surface area (Å²) in [4.78, 5) is 41.8. The minimum absolute atomic E-state index is 0.243. The maximum Gasteiger partial charge on any atom is 0.415 e. The highest BCUT2D eigenvalue weighted by Crippen LogP contribution is 2.29. The molecule has 0 bridgehead atoms. The van der Waals surface area contributed by atoms with E-state index in [1.165, 1.54) is 6.20 Å². The first-order valence-corrected chi connectivity index (χ1v) is 11.8. The van der Waals surface area contributed by atoms with Gasteiger partial charge in [-0.3, -0.25) is 14.7 Å². The van der Waals surface area contributed by atoms with E-state index >= 15 is 0 Å². The van der Waals surface area contributed by atoms with Gasteiger partial charge in [0, 0.05) is 38.4 Å². The van der Waals surface area contributed by atoms with E-state index in [-0.39, 0.29) is 12.0 Å². The molecule has 3 aromatic rings. The fraction of sp³-hybridized carbons (Fsp3) is 0.346. The molecule has 3 heterocycles. The van der Waals surface area contributed by atoms with Crippen LogP contribution in [0, 0.1) is 0 Å². The van der Waals surface area contributed by atoms with Crippen molar-refractivity contribution < 1.29 is 19.1 Å². The second kappa shape index (κ2) is 11.4. The number of carbonyl (C=O) groups is 2. The van der Waals surface area contributed by atoms with E-state index in [4.69, 9.17) is 9.47 Å². The monoisotopic (exact) mass is 475 g/mol. The minimum atomic E-state index is -0.547. The molecular formula is C26H29N5O4. The van der Waals surface area contributed by atoms with Crippen LogP contribution >= 0.6 is 0 Å². The quantitative estimate of drug-likeness (QED) is 0.466. The molecular weight excluding hydrogens is 446 g/mol. The molecule has 0 aliphatic carbocycles. The zero-order valence-electron chi connectivity index (χ0n) is 19.9. The molecule has 9 heteroatoms. The lowest BCUT2D eigenvalue weighted by Gasteiger charge is -2.41. The number of rotatable bonds is 7. The zero-order valence-corrected chi connectivity index (χ0v) is 19.9. The van der Waals surface area contributed by atoms with Crippen LogP contribution in [0.15, 0.2) is 67.1 Å². The van der Waals surface area contributed by atoms with Gasteiger partial charge in [0.1, 0.15) is 5.82 Å². The smallest absolute Gasteiger partial charge is 0.415 e. The van der Waals surface area contributed by atoms with Crippen molar-refractivity contribution in [3.63, 3.8) is 0 Å². The molecule has 2 unspecified atom stereocenters. The Kier molecular flexibility index (Phi) is 7.87. The number of esters is 1. The Balaban J connectivity index is 1.53. The molecule has 35 heavy (non-hydrogen) atoms. The van der Waals surface area contributed by atoms with Gasteiger partial charge in [-0.25, -0.2) is 14.8 Å². The fourth-order valence-electron chi connectivity index (χ4n) is 3.99. The molecule has 1 aliphatic heterocycles. The van der Waals surface area contributed by atoms with E-state index < -0.39 is 12.2 Å². The third-order valence-corrected chi connectivity index (χ3v) is 5.75. The Morgan fingerprint density at radius 3 is 2.66 bits per heavy atom. The third kappa shape index (κ3) is 6.11. The first-order chi connectivity index (χ1) is 17.0. The Morgan fingerprint density at radius 1 is 1.09 bits per heavy atom. The molecule has 0 saturated carbocycles. The van der Waals surface area contributed by atoms with Gasteiger partial charge >= 0.3 is 12.1 Å². The summed E-state index contributed by atoms with van der Waals surface area (Å²) in [5, 5.41) is 0. The number of benzene rings is 1. The Labute approximate surface area is 204 Å². The van der Waals surface area contributed by atoms with Crippen LogP contribution in [0.5, 0.6) is 5.75 Å². The number of piperazine rings is 1. The minimum Gasteiger partial charge on any atom is -0.454 e. The van der Waals surface area contributed by atoms with Gasteiger partial charge in [-0.15, -0.1) is 0 Å². The number of hydrogen-bond donors (Lipinski definition) is 0. The topological polar surface area (TPSA) is 97.8 Å². The molecule has 0 N–H and O–H groups in total. The molecule has 182 valence electrons. The molecule has 1 aliphatic rings. The Hall–Kier alpha value is -4.01. The molecule has 9 nitrogen and oxygen atoms in total. The van der Waals surface area contributed by atoms with Gasteiger partial charge in [0.05, 0.1) is 12.2 Å². The van der Waals surface area contributed by atoms with Crippen LogP contribution in [0.3, 0.4) is 0 Å². The first-order valence-electron chi connectivity index (χ1n) is 11.8. The lowest BCUT2D eigenvalue weighted by molar-refractivity contribution is -0.149. The van der Waals surface area contributed by atoms with Crippen molar-refractivity contribution in [2.45, 2.75) is 38.8 Å². The lowest BCUT2D eigenvalue weighted by Crippen LogP contribution is -2.51. The largest absolute Gasteiger partial charge is 0.454 e. The van der Waals surface area contributed by atoms with Crippen LogP contribution in [0.4, 0.5) is 10.6 Å². The van der Waals surface area contributed by atoms with Crippen molar-refractivity contribution in [2.75, 3.05) is 24.5 Å². The van der Waals surface area contributed by atoms with Crippen LogP contribution < -0.4 is 9.64 Å². The van der Waals surface area contributed by atoms with Crippen LogP contribution in [0.2, 0.25) is 0 Å². The third-order valence-electron chi connectivity index (χ3n) is 5.75. The average molecular weight is 476 g/mol. The van der Waals surface area contributed by atoms with Gasteiger partial charge in [0.2, 0.25) is 0 Å². The number of aromatic nitrogens is 3. The summed E-state index contributed by atoms with van der Waals surface area (Å²) in [6.45, 7) is 5.22. The predicted octanol–water partition coefficient (Wildman–Crippen LogP) is 4.34. The van der Waals surface area contributed by atoms with Crippen LogP contribution in [-0.2, 0) is 9.53 Å². The molecule has 0 spiro atoms. The van der Waals surface area contributed by atoms with Crippen molar-refractivity contribution in [1.29, 1.82) is 0 Å². The Morgan fingerprint density at radius 2 is 1.91 bits per heavy atom. The predicted molar refractivity (Wildman–Crippen MR) is 130 cm³/mol. The highest BCUT2D eigenvalue weighted by atomic mass is 16.6. The van der Waals surface area contributed by atoms with Crippen molar-refractivity contribution in [2.24, 2.45) is 0 Å². The van der Waals surface area contributed by atoms with E-state index in [1.807, 2.05) is 43.3 Å². The summed E-state index contributed by atoms with van der Waals surface area (Å²) in [6, 6.07) is 14.9. The number of carbonyl (C=O) groups excluding carboxylic acids is 2. The summed E-state index contributed by atoms with van der Waals surface area (Å²) >= 11 is 0. The van der Waals surface area contributed by atoms with Crippen LogP contribution in [0.1, 0.15) is 50.2 Å². The van der Waals surface area contributed by atoms with E-state index in [9.17, 15) is 9.59 Å². The maximum atomic E-state index is 13.1. The summed E-state index contributed by atoms with van der Waals surface area (Å²) in [6.07, 6.45) is 4.93. The van der Waals surface area contributed by atoms with Gasteiger partial charge in [-0.1, -0.05) is 37.3 Å². The van der Waals surface area contributed by atoms with E-state index in [1.54, 1.807) is 36.4 Å². The summed E-state index contributed by atoms with van der Waals surface area (Å²) < 4.78 is 11.0. The number of nitrogens with zero attached hydrogens (tertiary/aromatic N) is 5. The van der Waals surface area contributed by atoms with Gasteiger partial charge in [0.25, 0.3) is 0 Å². The van der Waals surface area contributed by atoms with E-state index in [0.29, 0.717) is 37.6 Å². The van der Waals surface area contributed by atoms with Gasteiger partial charge < -0.3 is 14.4 Å². The standard InChI is InChI=1S/C26H29N5O4/c1-3-8-24(32)34-19(2)25-28-14-12-23(29-25)30-15-16-31(22(18-30)20-9-5-4-6-10-20)26(33)35-21-11-7-13-27-17-21/h4-7,9-14,17,19,22H,3,8,15-16,18H2,1-2H3. The molecule has 2 aromatic heterocycles. The first kappa shape index (κ1) is 24.1. The molecule has 1 aromatic carbocycles. The summed E-state index contributed by atoms with van der Waals surface area (Å²) in [5.41, 5.74) is 0.997. The van der Waals surface area contributed by atoms with Crippen molar-refractivity contribution in [1.82, 2.24) is 19.9 Å². The highest BCUT2D eigenvalue weighted by Gasteiger charge is 2.33. The fourth-order valence-corrected chi connectivity index (χ4v) is 3.99. The number of amides is 1. The molecule has 1 amide bonds. The second-order valence-electron chi connectivity index (χ2n) is 8.28. The van der Waals surface area contributed by atoms with Crippen LogP contribution in [0.25, 0.3) is 0 Å². The molecule has 4 rings (SSSR count). The van der Waals surface area contributed by atoms with E-state index in [2.05, 4.69) is 19.9 Å². The van der Waals surface area contributed by atoms with Gasteiger partial charge in [-0.05, 0) is 37.1 Å². The number of anilines is 1. The zero-order chi connectivity index (χ0) is 24.6. The van der Waals surface area contributed by atoms with Crippen molar-refractivity contribution in [3.8, 4) is 5.75 Å².